The van der Waals surface area contributed by atoms with Crippen molar-refractivity contribution in [2.45, 2.75) is 84.5 Å². The molecule has 0 saturated carbocycles. The molecule has 0 aliphatic carbocycles. The van der Waals surface area contributed by atoms with Crippen molar-refractivity contribution in [3.05, 3.63) is 59.9 Å². The van der Waals surface area contributed by atoms with Gasteiger partial charge in [-0.25, -0.2) is 4.39 Å². The first-order valence-electron chi connectivity index (χ1n) is 16.8. The summed E-state index contributed by atoms with van der Waals surface area (Å²) in [7, 11) is 1.53. The second-order valence-electron chi connectivity index (χ2n) is 13.3. The SMILES string of the molecule is COc1ccc(C[C@@H]2NC(=O)[C@H](CC(C)C)NC(=O)CN(C(=O)CCC(=O)Nc3cccc(F)c3)C[C@H](C(C)C)NC(=O)[C@@H](C)NC2=O)cc1. The number of rotatable bonds is 10. The van der Waals surface area contributed by atoms with Gasteiger partial charge < -0.3 is 36.2 Å². The van der Waals surface area contributed by atoms with E-state index >= 15 is 0 Å². The second-order valence-corrected chi connectivity index (χ2v) is 13.3. The van der Waals surface area contributed by atoms with Crippen LogP contribution in [0.4, 0.5) is 10.1 Å². The minimum absolute atomic E-state index is 0.0245. The fourth-order valence-corrected chi connectivity index (χ4v) is 5.37. The van der Waals surface area contributed by atoms with Gasteiger partial charge >= 0.3 is 0 Å². The zero-order valence-corrected chi connectivity index (χ0v) is 29.5. The lowest BCUT2D eigenvalue weighted by atomic mass is 10.0. The highest BCUT2D eigenvalue weighted by Crippen LogP contribution is 2.15. The molecule has 14 heteroatoms. The number of carbonyl (C=O) groups excluding carboxylic acids is 6. The van der Waals surface area contributed by atoms with E-state index in [4.69, 9.17) is 4.74 Å². The highest BCUT2D eigenvalue weighted by Gasteiger charge is 2.32. The zero-order valence-electron chi connectivity index (χ0n) is 29.5. The Morgan fingerprint density at radius 3 is 2.20 bits per heavy atom. The third-order valence-electron chi connectivity index (χ3n) is 8.25. The summed E-state index contributed by atoms with van der Waals surface area (Å²) in [6, 6.07) is 8.58. The van der Waals surface area contributed by atoms with Gasteiger partial charge in [-0.1, -0.05) is 45.9 Å². The molecule has 0 bridgehead atoms. The molecule has 13 nitrogen and oxygen atoms in total. The van der Waals surface area contributed by atoms with E-state index in [-0.39, 0.29) is 49.8 Å². The van der Waals surface area contributed by atoms with Crippen LogP contribution in [-0.2, 0) is 35.2 Å². The summed E-state index contributed by atoms with van der Waals surface area (Å²) in [5.74, 6) is -3.53. The van der Waals surface area contributed by atoms with Crippen molar-refractivity contribution in [2.75, 3.05) is 25.5 Å². The van der Waals surface area contributed by atoms with Crippen LogP contribution in [0.5, 0.6) is 5.75 Å². The molecule has 1 aliphatic rings. The van der Waals surface area contributed by atoms with E-state index in [0.717, 1.165) is 11.6 Å². The van der Waals surface area contributed by atoms with Crippen LogP contribution in [0.3, 0.4) is 0 Å². The molecule has 6 amide bonds. The minimum atomic E-state index is -1.08. The molecule has 50 heavy (non-hydrogen) atoms. The molecular weight excluding hydrogens is 647 g/mol. The van der Waals surface area contributed by atoms with Gasteiger partial charge in [-0.15, -0.1) is 0 Å². The Balaban J connectivity index is 1.88. The lowest BCUT2D eigenvalue weighted by Gasteiger charge is -2.31. The summed E-state index contributed by atoms with van der Waals surface area (Å²) in [5, 5.41) is 13.6. The molecule has 1 saturated heterocycles. The highest BCUT2D eigenvalue weighted by atomic mass is 19.1. The van der Waals surface area contributed by atoms with Crippen LogP contribution in [0.2, 0.25) is 0 Å². The maximum Gasteiger partial charge on any atom is 0.243 e. The Bertz CT molecular complexity index is 1520. The van der Waals surface area contributed by atoms with Gasteiger partial charge in [-0.2, -0.15) is 0 Å². The average molecular weight is 697 g/mol. The van der Waals surface area contributed by atoms with E-state index in [1.807, 2.05) is 27.7 Å². The molecule has 1 heterocycles. The standard InChI is InChI=1S/C36H49FN6O7/c1-21(2)16-28-36(49)41-29(17-24-10-12-27(50-6)13-11-24)35(48)38-23(5)34(47)42-30(22(3)4)19-43(20-32(45)40-28)33(46)15-14-31(44)39-26-9-7-8-25(37)18-26/h7-13,18,21-23,28-30H,14-17,19-20H2,1-6H3,(H,38,48)(H,39,44)(H,40,45)(H,41,49)(H,42,47)/t23-,28+,29+,30-/m1/s1. The quantitative estimate of drug-likeness (QED) is 0.253. The molecule has 3 rings (SSSR count). The molecule has 0 aromatic heterocycles. The number of ether oxygens (including phenoxy) is 1. The number of carbonyl (C=O) groups is 6. The molecule has 5 N–H and O–H groups in total. The lowest BCUT2D eigenvalue weighted by molar-refractivity contribution is -0.138. The van der Waals surface area contributed by atoms with Crippen molar-refractivity contribution >= 4 is 41.1 Å². The second kappa shape index (κ2) is 18.7. The number of hydrogen-bond donors (Lipinski definition) is 5. The van der Waals surface area contributed by atoms with Crippen molar-refractivity contribution in [2.24, 2.45) is 11.8 Å². The van der Waals surface area contributed by atoms with Crippen molar-refractivity contribution in [1.29, 1.82) is 0 Å². The Hall–Kier alpha value is -5.01. The molecule has 0 radical (unpaired) electrons. The number of halogens is 1. The first-order chi connectivity index (χ1) is 23.6. The van der Waals surface area contributed by atoms with E-state index in [1.54, 1.807) is 24.3 Å². The molecule has 1 aliphatic heterocycles. The van der Waals surface area contributed by atoms with Crippen molar-refractivity contribution in [3.8, 4) is 5.75 Å². The molecule has 0 spiro atoms. The predicted molar refractivity (Wildman–Crippen MR) is 185 cm³/mol. The van der Waals surface area contributed by atoms with E-state index < -0.39 is 72.0 Å². The normalized spacial score (nSPS) is 20.9. The Morgan fingerprint density at radius 2 is 1.58 bits per heavy atom. The van der Waals surface area contributed by atoms with Gasteiger partial charge in [0.25, 0.3) is 0 Å². The number of anilines is 1. The third kappa shape index (κ3) is 12.5. The van der Waals surface area contributed by atoms with E-state index in [9.17, 15) is 33.2 Å². The predicted octanol–water partition coefficient (Wildman–Crippen LogP) is 2.30. The van der Waals surface area contributed by atoms with Crippen LogP contribution >= 0.6 is 0 Å². The molecule has 2 aromatic rings. The highest BCUT2D eigenvalue weighted by molar-refractivity contribution is 5.96. The van der Waals surface area contributed by atoms with Gasteiger partial charge in [0.2, 0.25) is 35.4 Å². The van der Waals surface area contributed by atoms with Crippen molar-refractivity contribution in [1.82, 2.24) is 26.2 Å². The Labute approximate surface area is 292 Å². The average Bonchev–Trinajstić information content (AvgIpc) is 3.05. The van der Waals surface area contributed by atoms with Gasteiger partial charge in [-0.3, -0.25) is 28.8 Å². The van der Waals surface area contributed by atoms with Gasteiger partial charge in [0.15, 0.2) is 0 Å². The first-order valence-corrected chi connectivity index (χ1v) is 16.8. The monoisotopic (exact) mass is 696 g/mol. The van der Waals surface area contributed by atoms with E-state index in [1.165, 1.54) is 37.1 Å². The van der Waals surface area contributed by atoms with Gasteiger partial charge in [-0.05, 0) is 61.1 Å². The fourth-order valence-electron chi connectivity index (χ4n) is 5.37. The lowest BCUT2D eigenvalue weighted by Crippen LogP contribution is -2.57. The fraction of sp³-hybridized carbons (Fsp3) is 0.500. The van der Waals surface area contributed by atoms with Crippen LogP contribution in [0, 0.1) is 17.7 Å². The number of methoxy groups -OCH3 is 1. The molecule has 0 unspecified atom stereocenters. The molecule has 4 atom stereocenters. The number of benzene rings is 2. The molecule has 2 aromatic carbocycles. The van der Waals surface area contributed by atoms with Gasteiger partial charge in [0, 0.05) is 37.5 Å². The number of amides is 6. The van der Waals surface area contributed by atoms with Crippen LogP contribution in [0.1, 0.15) is 59.4 Å². The number of hydrogen-bond acceptors (Lipinski definition) is 7. The Morgan fingerprint density at radius 1 is 0.900 bits per heavy atom. The van der Waals surface area contributed by atoms with Crippen LogP contribution in [-0.4, -0.2) is 84.7 Å². The number of nitrogens with one attached hydrogen (secondary N) is 5. The van der Waals surface area contributed by atoms with Crippen LogP contribution in [0.25, 0.3) is 0 Å². The topological polar surface area (TPSA) is 175 Å². The summed E-state index contributed by atoms with van der Waals surface area (Å²) in [6.07, 6.45) is -0.179. The largest absolute Gasteiger partial charge is 0.497 e. The maximum absolute atomic E-state index is 13.7. The van der Waals surface area contributed by atoms with E-state index in [2.05, 4.69) is 26.6 Å². The number of nitrogens with zero attached hydrogens (tertiary/aromatic N) is 1. The van der Waals surface area contributed by atoms with Crippen molar-refractivity contribution < 1.29 is 37.9 Å². The summed E-state index contributed by atoms with van der Waals surface area (Å²) in [6.45, 7) is 8.42. The van der Waals surface area contributed by atoms with Crippen molar-refractivity contribution in [3.63, 3.8) is 0 Å². The first kappa shape index (κ1) is 39.4. The minimum Gasteiger partial charge on any atom is -0.497 e. The molecule has 1 fully saturated rings. The van der Waals surface area contributed by atoms with E-state index in [0.29, 0.717) is 5.75 Å². The summed E-state index contributed by atoms with van der Waals surface area (Å²) in [4.78, 5) is 81.5. The van der Waals surface area contributed by atoms with Gasteiger partial charge in [0.1, 0.15) is 29.7 Å². The zero-order chi connectivity index (χ0) is 37.0. The Kier molecular flexibility index (Phi) is 14.7. The maximum atomic E-state index is 13.7. The van der Waals surface area contributed by atoms with Gasteiger partial charge in [0.05, 0.1) is 13.7 Å². The third-order valence-corrected chi connectivity index (χ3v) is 8.25. The molecular formula is C36H49FN6O7. The summed E-state index contributed by atoms with van der Waals surface area (Å²) in [5.41, 5.74) is 0.963. The summed E-state index contributed by atoms with van der Waals surface area (Å²) >= 11 is 0. The van der Waals surface area contributed by atoms with Crippen LogP contribution < -0.4 is 31.3 Å². The van der Waals surface area contributed by atoms with Crippen LogP contribution in [0.15, 0.2) is 48.5 Å². The smallest absolute Gasteiger partial charge is 0.243 e. The summed E-state index contributed by atoms with van der Waals surface area (Å²) < 4.78 is 18.8. The molecule has 272 valence electrons.